The minimum absolute atomic E-state index is 0.0638. The Hall–Kier alpha value is -1.43. The highest BCUT2D eigenvalue weighted by atomic mass is 32.2. The van der Waals surface area contributed by atoms with E-state index in [2.05, 4.69) is 5.32 Å². The van der Waals surface area contributed by atoms with Gasteiger partial charge in [-0.1, -0.05) is 0 Å². The third kappa shape index (κ3) is 1.61. The Kier molecular flexibility index (Phi) is 2.04. The predicted octanol–water partition coefficient (Wildman–Crippen LogP) is 2.03. The van der Waals surface area contributed by atoms with Crippen LogP contribution in [0.1, 0.15) is 6.92 Å². The molecule has 0 saturated carbocycles. The molecule has 0 amide bonds. The first-order chi connectivity index (χ1) is 6.90. The maximum Gasteiger partial charge on any atom is 0.203 e. The smallest absolute Gasteiger partial charge is 0.203 e. The van der Waals surface area contributed by atoms with Gasteiger partial charge >= 0.3 is 0 Å². The predicted molar refractivity (Wildman–Crippen MR) is 50.9 cm³/mol. The van der Waals surface area contributed by atoms with E-state index in [0.29, 0.717) is 11.8 Å². The zero-order valence-corrected chi connectivity index (χ0v) is 8.53. The van der Waals surface area contributed by atoms with Gasteiger partial charge in [-0.15, -0.1) is 0 Å². The van der Waals surface area contributed by atoms with E-state index in [1.807, 2.05) is 0 Å². The van der Waals surface area contributed by atoms with Crippen molar-refractivity contribution >= 4 is 15.5 Å². The van der Waals surface area contributed by atoms with Crippen LogP contribution in [0.2, 0.25) is 0 Å². The molecule has 1 heterocycles. The van der Waals surface area contributed by atoms with Crippen LogP contribution in [0.5, 0.6) is 0 Å². The Bertz CT molecular complexity index is 564. The number of allylic oxidation sites excluding steroid dienone is 1. The van der Waals surface area contributed by atoms with Crippen molar-refractivity contribution in [3.05, 3.63) is 34.9 Å². The van der Waals surface area contributed by atoms with Crippen molar-refractivity contribution in [2.75, 3.05) is 5.32 Å². The molecule has 3 nitrogen and oxygen atoms in total. The second-order valence-electron chi connectivity index (χ2n) is 3.23. The molecule has 1 N–H and O–H groups in total. The zero-order valence-electron chi connectivity index (χ0n) is 7.71. The summed E-state index contributed by atoms with van der Waals surface area (Å²) in [5.41, 5.74) is 0.433. The second kappa shape index (κ2) is 3.03. The molecule has 0 unspecified atom stereocenters. The zero-order chi connectivity index (χ0) is 11.2. The number of hydrogen-bond acceptors (Lipinski definition) is 3. The Balaban J connectivity index is 2.75. The van der Waals surface area contributed by atoms with Crippen LogP contribution in [0.3, 0.4) is 0 Å². The molecule has 0 bridgehead atoms. The summed E-state index contributed by atoms with van der Waals surface area (Å²) in [6.07, 6.45) is 0. The summed E-state index contributed by atoms with van der Waals surface area (Å²) in [5, 5.41) is 3.64. The highest BCUT2D eigenvalue weighted by Crippen LogP contribution is 2.31. The minimum atomic E-state index is -3.66. The highest BCUT2D eigenvalue weighted by molar-refractivity contribution is 7.94. The molecule has 0 aliphatic carbocycles. The van der Waals surface area contributed by atoms with E-state index < -0.39 is 21.5 Å². The Labute approximate surface area is 85.3 Å². The lowest BCUT2D eigenvalue weighted by molar-refractivity contribution is 0.505. The van der Waals surface area contributed by atoms with Gasteiger partial charge in [-0.2, -0.15) is 0 Å². The number of nitrogens with one attached hydrogen (secondary N) is 1. The van der Waals surface area contributed by atoms with E-state index in [0.717, 1.165) is 11.5 Å². The molecule has 0 fully saturated rings. The lowest BCUT2D eigenvalue weighted by Gasteiger charge is -2.16. The number of anilines is 1. The van der Waals surface area contributed by atoms with E-state index in [4.69, 9.17) is 0 Å². The maximum absolute atomic E-state index is 12.9. The van der Waals surface area contributed by atoms with Gasteiger partial charge in [0.15, 0.2) is 11.6 Å². The topological polar surface area (TPSA) is 46.2 Å². The van der Waals surface area contributed by atoms with Crippen molar-refractivity contribution in [1.29, 1.82) is 0 Å². The first-order valence-electron chi connectivity index (χ1n) is 4.09. The van der Waals surface area contributed by atoms with Crippen molar-refractivity contribution in [2.24, 2.45) is 0 Å². The minimum Gasteiger partial charge on any atom is -0.357 e. The number of fused-ring (bicyclic) bond motifs is 1. The largest absolute Gasteiger partial charge is 0.357 e. The van der Waals surface area contributed by atoms with Crippen LogP contribution in [0, 0.1) is 11.6 Å². The second-order valence-corrected chi connectivity index (χ2v) is 5.00. The maximum atomic E-state index is 12.9. The number of hydrogen-bond donors (Lipinski definition) is 1. The van der Waals surface area contributed by atoms with Crippen molar-refractivity contribution in [3.8, 4) is 0 Å². The third-order valence-electron chi connectivity index (χ3n) is 1.99. The van der Waals surface area contributed by atoms with Crippen LogP contribution in [0.25, 0.3) is 0 Å². The average Bonchev–Trinajstić information content (AvgIpc) is 2.07. The summed E-state index contributed by atoms with van der Waals surface area (Å²) in [6, 6.07) is 1.51. The van der Waals surface area contributed by atoms with Gasteiger partial charge in [0.1, 0.15) is 0 Å². The average molecular weight is 231 g/mol. The number of benzene rings is 1. The van der Waals surface area contributed by atoms with E-state index in [1.165, 1.54) is 6.92 Å². The fourth-order valence-corrected chi connectivity index (χ4v) is 2.74. The number of sulfone groups is 1. The number of halogens is 2. The molecule has 0 spiro atoms. The fourth-order valence-electron chi connectivity index (χ4n) is 1.40. The van der Waals surface area contributed by atoms with Crippen LogP contribution in [0.15, 0.2) is 28.1 Å². The van der Waals surface area contributed by atoms with Crippen LogP contribution in [-0.4, -0.2) is 8.42 Å². The summed E-state index contributed by atoms with van der Waals surface area (Å²) in [6.45, 7) is 1.53. The van der Waals surface area contributed by atoms with Crippen LogP contribution >= 0.6 is 0 Å². The van der Waals surface area contributed by atoms with Crippen molar-refractivity contribution in [2.45, 2.75) is 11.8 Å². The third-order valence-corrected chi connectivity index (χ3v) is 3.61. The van der Waals surface area contributed by atoms with Crippen LogP contribution < -0.4 is 5.32 Å². The monoisotopic (exact) mass is 231 g/mol. The van der Waals surface area contributed by atoms with E-state index in [9.17, 15) is 17.2 Å². The SMILES string of the molecule is CC1=CS(=O)(=O)c2cc(F)c(F)cc2N1. The van der Waals surface area contributed by atoms with Gasteiger partial charge in [0, 0.05) is 11.8 Å². The molecular weight excluding hydrogens is 224 g/mol. The van der Waals surface area contributed by atoms with Gasteiger partial charge < -0.3 is 5.32 Å². The quantitative estimate of drug-likeness (QED) is 0.695. The molecule has 80 valence electrons. The molecule has 0 saturated heterocycles. The van der Waals surface area contributed by atoms with Gasteiger partial charge in [0.2, 0.25) is 9.84 Å². The summed E-state index contributed by atoms with van der Waals surface area (Å²) in [7, 11) is -3.66. The Morgan fingerprint density at radius 1 is 1.20 bits per heavy atom. The lowest BCUT2D eigenvalue weighted by atomic mass is 10.3. The van der Waals surface area contributed by atoms with Gasteiger partial charge in [-0.25, -0.2) is 17.2 Å². The Morgan fingerprint density at radius 2 is 1.80 bits per heavy atom. The summed E-state index contributed by atoms with van der Waals surface area (Å²) < 4.78 is 48.8. The van der Waals surface area contributed by atoms with Crippen molar-refractivity contribution < 1.29 is 17.2 Å². The lowest BCUT2D eigenvalue weighted by Crippen LogP contribution is -2.12. The van der Waals surface area contributed by atoms with E-state index in [-0.39, 0.29) is 10.6 Å². The van der Waals surface area contributed by atoms with E-state index >= 15 is 0 Å². The first-order valence-corrected chi connectivity index (χ1v) is 5.64. The summed E-state index contributed by atoms with van der Waals surface area (Å²) in [5.74, 6) is -2.25. The molecule has 1 aromatic carbocycles. The molecule has 1 aromatic rings. The summed E-state index contributed by atoms with van der Waals surface area (Å²) >= 11 is 0. The van der Waals surface area contributed by atoms with Crippen molar-refractivity contribution in [1.82, 2.24) is 0 Å². The van der Waals surface area contributed by atoms with Crippen molar-refractivity contribution in [3.63, 3.8) is 0 Å². The molecule has 15 heavy (non-hydrogen) atoms. The fraction of sp³-hybridized carbons (Fsp3) is 0.111. The molecule has 0 aromatic heterocycles. The van der Waals surface area contributed by atoms with Gasteiger partial charge in [-0.3, -0.25) is 0 Å². The normalized spacial score (nSPS) is 17.7. The van der Waals surface area contributed by atoms with E-state index in [1.54, 1.807) is 0 Å². The molecule has 0 atom stereocenters. The highest BCUT2D eigenvalue weighted by Gasteiger charge is 2.24. The molecular formula is C9H7F2NO2S. The summed E-state index contributed by atoms with van der Waals surface area (Å²) in [4.78, 5) is -0.244. The van der Waals surface area contributed by atoms with Gasteiger partial charge in [0.05, 0.1) is 16.0 Å². The Morgan fingerprint density at radius 3 is 2.47 bits per heavy atom. The number of rotatable bonds is 0. The molecule has 1 aliphatic heterocycles. The molecule has 1 aliphatic rings. The molecule has 0 radical (unpaired) electrons. The molecule has 2 rings (SSSR count). The van der Waals surface area contributed by atoms with Crippen LogP contribution in [-0.2, 0) is 9.84 Å². The van der Waals surface area contributed by atoms with Gasteiger partial charge in [-0.05, 0) is 13.0 Å². The van der Waals surface area contributed by atoms with Gasteiger partial charge in [0.25, 0.3) is 0 Å². The first kappa shape index (κ1) is 10.1. The molecule has 6 heteroatoms. The standard InChI is InChI=1S/C9H7F2NO2S/c1-5-4-15(13,14)9-3-7(11)6(10)2-8(9)12-5/h2-4,12H,1H3. The van der Waals surface area contributed by atoms with Crippen LogP contribution in [0.4, 0.5) is 14.5 Å².